The van der Waals surface area contributed by atoms with E-state index >= 15 is 0 Å². The third-order valence-electron chi connectivity index (χ3n) is 5.84. The highest BCUT2D eigenvalue weighted by Gasteiger charge is 2.21. The molecule has 2 aliphatic heterocycles. The van der Waals surface area contributed by atoms with Crippen LogP contribution in [0.4, 0.5) is 22.0 Å². The number of hydrogen-bond donors (Lipinski definition) is 2. The number of urea groups is 1. The summed E-state index contributed by atoms with van der Waals surface area (Å²) in [6, 6.07) is 9.60. The average Bonchev–Trinajstić information content (AvgIpc) is 3.55. The summed E-state index contributed by atoms with van der Waals surface area (Å²) in [6.07, 6.45) is 9.15. The smallest absolute Gasteiger partial charge is 0.322 e. The quantitative estimate of drug-likeness (QED) is 0.566. The predicted octanol–water partition coefficient (Wildman–Crippen LogP) is 5.17. The van der Waals surface area contributed by atoms with Gasteiger partial charge in [-0.1, -0.05) is 6.07 Å². The highest BCUT2D eigenvalue weighted by atomic mass is 32.1. The van der Waals surface area contributed by atoms with Crippen molar-refractivity contribution in [1.29, 1.82) is 0 Å². The molecule has 0 unspecified atom stereocenters. The van der Waals surface area contributed by atoms with E-state index < -0.39 is 0 Å². The van der Waals surface area contributed by atoms with Crippen molar-refractivity contribution in [1.82, 2.24) is 19.8 Å². The number of likely N-dealkylation sites (tertiary alicyclic amines) is 1. The van der Waals surface area contributed by atoms with Crippen LogP contribution in [0.5, 0.6) is 0 Å². The van der Waals surface area contributed by atoms with Crippen molar-refractivity contribution < 1.29 is 4.79 Å². The van der Waals surface area contributed by atoms with E-state index in [1.165, 1.54) is 18.5 Å². The number of nitrogens with zero attached hydrogens (tertiary/aromatic N) is 4. The van der Waals surface area contributed by atoms with Crippen LogP contribution in [0.25, 0.3) is 11.3 Å². The van der Waals surface area contributed by atoms with Gasteiger partial charge in [0.25, 0.3) is 0 Å². The van der Waals surface area contributed by atoms with Crippen molar-refractivity contribution in [3.63, 3.8) is 0 Å². The Morgan fingerprint density at radius 2 is 1.91 bits per heavy atom. The van der Waals surface area contributed by atoms with E-state index in [9.17, 15) is 4.79 Å². The summed E-state index contributed by atoms with van der Waals surface area (Å²) in [6.45, 7) is 3.71. The molecule has 1 saturated heterocycles. The molecule has 0 spiro atoms. The lowest BCUT2D eigenvalue weighted by atomic mass is 10.2. The number of thiophene rings is 1. The minimum absolute atomic E-state index is 0.0706. The lowest BCUT2D eigenvalue weighted by molar-refractivity contribution is 0.212. The van der Waals surface area contributed by atoms with Crippen LogP contribution in [-0.4, -0.2) is 52.0 Å². The van der Waals surface area contributed by atoms with E-state index in [1.807, 2.05) is 40.6 Å². The summed E-state index contributed by atoms with van der Waals surface area (Å²) in [5.41, 5.74) is 4.90. The second kappa shape index (κ2) is 9.40. The summed E-state index contributed by atoms with van der Waals surface area (Å²) in [7, 11) is 0. The number of aromatic nitrogens is 2. The summed E-state index contributed by atoms with van der Waals surface area (Å²) in [5.74, 6) is 0.656. The van der Waals surface area contributed by atoms with Gasteiger partial charge >= 0.3 is 6.03 Å². The van der Waals surface area contributed by atoms with Crippen molar-refractivity contribution in [3.05, 3.63) is 65.3 Å². The first-order valence-electron chi connectivity index (χ1n) is 11.0. The highest BCUT2D eigenvalue weighted by molar-refractivity contribution is 7.08. The van der Waals surface area contributed by atoms with Gasteiger partial charge in [-0.25, -0.2) is 9.78 Å². The number of rotatable bonds is 5. The van der Waals surface area contributed by atoms with Gasteiger partial charge in [0.2, 0.25) is 0 Å². The Hall–Kier alpha value is -3.39. The maximum atomic E-state index is 12.7. The SMILES string of the molecule is O=C(Nc1cccc(Nc2cnc(-c3ccsc3)cn2)c1)N1CC=C(N2CCCC2)CC1. The van der Waals surface area contributed by atoms with Crippen molar-refractivity contribution in [2.24, 2.45) is 0 Å². The van der Waals surface area contributed by atoms with Gasteiger partial charge in [-0.15, -0.1) is 0 Å². The summed E-state index contributed by atoms with van der Waals surface area (Å²) in [5, 5.41) is 10.3. The third kappa shape index (κ3) is 4.75. The molecule has 2 aromatic heterocycles. The van der Waals surface area contributed by atoms with Crippen molar-refractivity contribution in [3.8, 4) is 11.3 Å². The van der Waals surface area contributed by atoms with Gasteiger partial charge in [0.15, 0.2) is 0 Å². The highest BCUT2D eigenvalue weighted by Crippen LogP contribution is 2.24. The van der Waals surface area contributed by atoms with Crippen LogP contribution in [0.15, 0.2) is 65.3 Å². The van der Waals surface area contributed by atoms with Crippen molar-refractivity contribution in [2.75, 3.05) is 36.8 Å². The molecule has 32 heavy (non-hydrogen) atoms. The van der Waals surface area contributed by atoms with Crippen LogP contribution in [-0.2, 0) is 0 Å². The molecule has 1 aromatic carbocycles. The molecule has 2 aliphatic rings. The molecular formula is C24H26N6OS. The fraction of sp³-hybridized carbons (Fsp3) is 0.292. The Kier molecular flexibility index (Phi) is 6.02. The van der Waals surface area contributed by atoms with Crippen LogP contribution in [0.1, 0.15) is 19.3 Å². The lowest BCUT2D eigenvalue weighted by Gasteiger charge is -2.31. The fourth-order valence-corrected chi connectivity index (χ4v) is 4.76. The summed E-state index contributed by atoms with van der Waals surface area (Å²) < 4.78 is 0. The molecule has 1 fully saturated rings. The standard InChI is InChI=1S/C24H26N6OS/c31-24(30-11-6-21(7-12-30)29-9-1-2-10-29)28-20-5-3-4-19(14-20)27-23-16-25-22(15-26-23)18-8-13-32-17-18/h3-6,8,13-17H,1-2,7,9-12H2,(H,26,27)(H,28,31). The molecule has 8 heteroatoms. The van der Waals surface area contributed by atoms with Crippen LogP contribution < -0.4 is 10.6 Å². The Morgan fingerprint density at radius 1 is 1.03 bits per heavy atom. The Balaban J connectivity index is 1.18. The first-order valence-corrected chi connectivity index (χ1v) is 11.9. The molecule has 0 saturated carbocycles. The zero-order chi connectivity index (χ0) is 21.8. The van der Waals surface area contributed by atoms with Crippen LogP contribution in [0.3, 0.4) is 0 Å². The minimum atomic E-state index is -0.0706. The Labute approximate surface area is 191 Å². The zero-order valence-electron chi connectivity index (χ0n) is 17.8. The van der Waals surface area contributed by atoms with Crippen LogP contribution in [0, 0.1) is 0 Å². The van der Waals surface area contributed by atoms with Gasteiger partial charge in [0, 0.05) is 60.6 Å². The topological polar surface area (TPSA) is 73.4 Å². The second-order valence-corrected chi connectivity index (χ2v) is 8.80. The van der Waals surface area contributed by atoms with E-state index in [1.54, 1.807) is 23.7 Å². The first-order chi connectivity index (χ1) is 15.7. The molecule has 7 nitrogen and oxygen atoms in total. The molecule has 2 amide bonds. The van der Waals surface area contributed by atoms with E-state index in [0.717, 1.165) is 48.7 Å². The van der Waals surface area contributed by atoms with E-state index in [4.69, 9.17) is 0 Å². The van der Waals surface area contributed by atoms with Gasteiger partial charge in [-0.05, 0) is 48.6 Å². The molecular weight excluding hydrogens is 420 g/mol. The van der Waals surface area contributed by atoms with Crippen molar-refractivity contribution >= 4 is 34.6 Å². The number of anilines is 3. The van der Waals surface area contributed by atoms with Crippen molar-refractivity contribution in [2.45, 2.75) is 19.3 Å². The molecule has 3 aromatic rings. The number of carbonyl (C=O) groups is 1. The number of carbonyl (C=O) groups excluding carboxylic acids is 1. The number of hydrogen-bond acceptors (Lipinski definition) is 6. The third-order valence-corrected chi connectivity index (χ3v) is 6.52. The molecule has 5 rings (SSSR count). The summed E-state index contributed by atoms with van der Waals surface area (Å²) >= 11 is 1.64. The largest absolute Gasteiger partial charge is 0.375 e. The maximum Gasteiger partial charge on any atom is 0.322 e. The number of benzene rings is 1. The van der Waals surface area contributed by atoms with Crippen LogP contribution in [0.2, 0.25) is 0 Å². The minimum Gasteiger partial charge on any atom is -0.375 e. The first kappa shape index (κ1) is 20.5. The Bertz CT molecular complexity index is 1090. The monoisotopic (exact) mass is 446 g/mol. The molecule has 4 heterocycles. The second-order valence-electron chi connectivity index (χ2n) is 8.02. The molecule has 0 aliphatic carbocycles. The van der Waals surface area contributed by atoms with Gasteiger partial charge < -0.3 is 20.4 Å². The van der Waals surface area contributed by atoms with Gasteiger partial charge in [-0.3, -0.25) is 4.98 Å². The summed E-state index contributed by atoms with van der Waals surface area (Å²) in [4.78, 5) is 26.0. The molecule has 2 N–H and O–H groups in total. The average molecular weight is 447 g/mol. The normalized spacial score (nSPS) is 16.1. The molecule has 0 atom stereocenters. The van der Waals surface area contributed by atoms with E-state index in [0.29, 0.717) is 12.4 Å². The predicted molar refractivity (Wildman–Crippen MR) is 129 cm³/mol. The zero-order valence-corrected chi connectivity index (χ0v) is 18.6. The van der Waals surface area contributed by atoms with Gasteiger partial charge in [0.1, 0.15) is 5.82 Å². The Morgan fingerprint density at radius 3 is 2.62 bits per heavy atom. The lowest BCUT2D eigenvalue weighted by Crippen LogP contribution is -2.39. The van der Waals surface area contributed by atoms with Crippen LogP contribution >= 0.6 is 11.3 Å². The van der Waals surface area contributed by atoms with Gasteiger partial charge in [0.05, 0.1) is 18.1 Å². The number of amides is 2. The molecule has 0 bridgehead atoms. The van der Waals surface area contributed by atoms with Gasteiger partial charge in [-0.2, -0.15) is 11.3 Å². The molecule has 164 valence electrons. The maximum absolute atomic E-state index is 12.7. The fourth-order valence-electron chi connectivity index (χ4n) is 4.11. The number of nitrogens with one attached hydrogen (secondary N) is 2. The molecule has 0 radical (unpaired) electrons. The van der Waals surface area contributed by atoms with E-state index in [2.05, 4.69) is 37.0 Å². The van der Waals surface area contributed by atoms with E-state index in [-0.39, 0.29) is 6.03 Å².